The summed E-state index contributed by atoms with van der Waals surface area (Å²) in [7, 11) is -3.20. The number of hydrogen-bond donors (Lipinski definition) is 1. The van der Waals surface area contributed by atoms with Gasteiger partial charge in [0, 0.05) is 0 Å². The van der Waals surface area contributed by atoms with Gasteiger partial charge in [-0.1, -0.05) is 13.0 Å². The average Bonchev–Trinajstić information content (AvgIpc) is 2.97. The van der Waals surface area contributed by atoms with Gasteiger partial charge in [-0.05, 0) is 17.9 Å². The minimum atomic E-state index is -3.20. The third kappa shape index (κ3) is 3.41. The van der Waals surface area contributed by atoms with Crippen LogP contribution in [-0.4, -0.2) is 19.2 Å². The third-order valence-corrected chi connectivity index (χ3v) is 4.62. The predicted molar refractivity (Wildman–Crippen MR) is 70.7 cm³/mol. The molecule has 0 aliphatic rings. The molecule has 0 amide bonds. The normalized spacial score (nSPS) is 11.8. The molecule has 0 atom stereocenters. The molecule has 5 nitrogen and oxygen atoms in total. The molecule has 2 aromatic rings. The molecule has 18 heavy (non-hydrogen) atoms. The van der Waals surface area contributed by atoms with E-state index >= 15 is 0 Å². The van der Waals surface area contributed by atoms with E-state index in [1.807, 2.05) is 24.4 Å². The van der Waals surface area contributed by atoms with Gasteiger partial charge < -0.3 is 4.42 Å². The lowest BCUT2D eigenvalue weighted by Gasteiger charge is -2.02. The lowest BCUT2D eigenvalue weighted by molar-refractivity contribution is 0.570. The lowest BCUT2D eigenvalue weighted by atomic mass is 10.4. The van der Waals surface area contributed by atoms with Crippen LogP contribution in [0, 0.1) is 0 Å². The van der Waals surface area contributed by atoms with Gasteiger partial charge >= 0.3 is 0 Å². The highest BCUT2D eigenvalue weighted by Gasteiger charge is 2.11. The maximum Gasteiger partial charge on any atom is 0.236 e. The first-order chi connectivity index (χ1) is 8.61. The highest BCUT2D eigenvalue weighted by Crippen LogP contribution is 2.23. The zero-order valence-electron chi connectivity index (χ0n) is 9.92. The summed E-state index contributed by atoms with van der Waals surface area (Å²) in [5, 5.41) is 1.93. The standard InChI is InChI=1S/C11H14N2O3S2/c1-2-6-18(14,15)12-7-9-8-16-11(13-9)10-4-3-5-17-10/h3-5,8,12H,2,6-7H2,1H3. The second kappa shape index (κ2) is 5.64. The van der Waals surface area contributed by atoms with E-state index in [0.717, 1.165) is 4.88 Å². The van der Waals surface area contributed by atoms with Crippen LogP contribution < -0.4 is 4.72 Å². The number of nitrogens with one attached hydrogen (secondary N) is 1. The van der Waals surface area contributed by atoms with Crippen LogP contribution in [0.1, 0.15) is 19.0 Å². The molecule has 0 fully saturated rings. The second-order valence-corrected chi connectivity index (χ2v) is 6.64. The molecule has 0 radical (unpaired) electrons. The summed E-state index contributed by atoms with van der Waals surface area (Å²) in [6, 6.07) is 3.81. The fourth-order valence-electron chi connectivity index (χ4n) is 1.43. The summed E-state index contributed by atoms with van der Waals surface area (Å²) in [6.07, 6.45) is 2.07. The van der Waals surface area contributed by atoms with Crippen molar-refractivity contribution in [2.24, 2.45) is 0 Å². The molecule has 0 unspecified atom stereocenters. The summed E-state index contributed by atoms with van der Waals surface area (Å²) in [5.74, 6) is 0.650. The Balaban J connectivity index is 2.00. The van der Waals surface area contributed by atoms with E-state index in [-0.39, 0.29) is 12.3 Å². The Hall–Kier alpha value is -1.18. The van der Waals surface area contributed by atoms with E-state index in [1.165, 1.54) is 17.6 Å². The van der Waals surface area contributed by atoms with Gasteiger partial charge in [-0.3, -0.25) is 0 Å². The van der Waals surface area contributed by atoms with Gasteiger partial charge in [-0.25, -0.2) is 18.1 Å². The topological polar surface area (TPSA) is 72.2 Å². The van der Waals surface area contributed by atoms with Crippen LogP contribution in [0.4, 0.5) is 0 Å². The molecule has 0 aliphatic carbocycles. The smallest absolute Gasteiger partial charge is 0.236 e. The van der Waals surface area contributed by atoms with E-state index in [2.05, 4.69) is 9.71 Å². The van der Waals surface area contributed by atoms with Crippen molar-refractivity contribution >= 4 is 21.4 Å². The number of oxazole rings is 1. The predicted octanol–water partition coefficient (Wildman–Crippen LogP) is 2.23. The maximum absolute atomic E-state index is 11.5. The number of hydrogen-bond acceptors (Lipinski definition) is 5. The first-order valence-electron chi connectivity index (χ1n) is 5.56. The number of nitrogens with zero attached hydrogens (tertiary/aromatic N) is 1. The Bertz CT molecular complexity index is 588. The number of sulfonamides is 1. The molecule has 0 saturated heterocycles. The highest BCUT2D eigenvalue weighted by molar-refractivity contribution is 7.89. The van der Waals surface area contributed by atoms with Crippen molar-refractivity contribution in [2.75, 3.05) is 5.75 Å². The molecule has 2 aromatic heterocycles. The molecule has 0 aliphatic heterocycles. The summed E-state index contributed by atoms with van der Waals surface area (Å²) in [4.78, 5) is 5.16. The Kier molecular flexibility index (Phi) is 4.15. The van der Waals surface area contributed by atoms with Crippen molar-refractivity contribution in [2.45, 2.75) is 19.9 Å². The fourth-order valence-corrected chi connectivity index (χ4v) is 3.13. The van der Waals surface area contributed by atoms with Crippen LogP contribution in [0.15, 0.2) is 28.2 Å². The fraction of sp³-hybridized carbons (Fsp3) is 0.364. The zero-order chi connectivity index (χ0) is 13.0. The number of aromatic nitrogens is 1. The van der Waals surface area contributed by atoms with Crippen molar-refractivity contribution in [3.63, 3.8) is 0 Å². The van der Waals surface area contributed by atoms with Crippen LogP contribution in [0.2, 0.25) is 0 Å². The Morgan fingerprint density at radius 3 is 3.00 bits per heavy atom. The van der Waals surface area contributed by atoms with Crippen LogP contribution in [0.5, 0.6) is 0 Å². The van der Waals surface area contributed by atoms with Crippen molar-refractivity contribution in [1.82, 2.24) is 9.71 Å². The van der Waals surface area contributed by atoms with Crippen molar-refractivity contribution < 1.29 is 12.8 Å². The van der Waals surface area contributed by atoms with Gasteiger partial charge in [0.25, 0.3) is 0 Å². The molecule has 0 bridgehead atoms. The molecule has 1 N–H and O–H groups in total. The van der Waals surface area contributed by atoms with Crippen LogP contribution in [0.25, 0.3) is 10.8 Å². The average molecular weight is 286 g/mol. The van der Waals surface area contributed by atoms with Crippen molar-refractivity contribution in [3.8, 4) is 10.8 Å². The lowest BCUT2D eigenvalue weighted by Crippen LogP contribution is -2.25. The molecule has 2 heterocycles. The minimum absolute atomic E-state index is 0.128. The maximum atomic E-state index is 11.5. The summed E-state index contributed by atoms with van der Waals surface area (Å²) < 4.78 is 30.7. The zero-order valence-corrected chi connectivity index (χ0v) is 11.6. The van der Waals surface area contributed by atoms with E-state index in [0.29, 0.717) is 18.0 Å². The molecule has 98 valence electrons. The van der Waals surface area contributed by atoms with E-state index in [1.54, 1.807) is 0 Å². The quantitative estimate of drug-likeness (QED) is 0.884. The summed E-state index contributed by atoms with van der Waals surface area (Å²) in [5.41, 5.74) is 0.582. The first kappa shape index (κ1) is 13.3. The van der Waals surface area contributed by atoms with Gasteiger partial charge in [0.15, 0.2) is 0 Å². The monoisotopic (exact) mass is 286 g/mol. The van der Waals surface area contributed by atoms with Crippen LogP contribution >= 0.6 is 11.3 Å². The Morgan fingerprint density at radius 1 is 1.50 bits per heavy atom. The molecule has 7 heteroatoms. The van der Waals surface area contributed by atoms with E-state index < -0.39 is 10.0 Å². The van der Waals surface area contributed by atoms with Gasteiger partial charge in [0.05, 0.1) is 22.9 Å². The minimum Gasteiger partial charge on any atom is -0.444 e. The Labute approximate surface area is 110 Å². The summed E-state index contributed by atoms with van der Waals surface area (Å²) >= 11 is 1.53. The van der Waals surface area contributed by atoms with Crippen LogP contribution in [-0.2, 0) is 16.6 Å². The molecule has 0 saturated carbocycles. The van der Waals surface area contributed by atoms with Gasteiger partial charge in [-0.15, -0.1) is 11.3 Å². The van der Waals surface area contributed by atoms with Crippen LogP contribution in [0.3, 0.4) is 0 Å². The molecule has 0 spiro atoms. The largest absolute Gasteiger partial charge is 0.444 e. The Morgan fingerprint density at radius 2 is 2.33 bits per heavy atom. The molecular formula is C11H14N2O3S2. The number of thiophene rings is 1. The SMILES string of the molecule is CCCS(=O)(=O)NCc1coc(-c2cccs2)n1. The van der Waals surface area contributed by atoms with Gasteiger partial charge in [0.1, 0.15) is 6.26 Å². The molecular weight excluding hydrogens is 272 g/mol. The second-order valence-electron chi connectivity index (χ2n) is 3.76. The van der Waals surface area contributed by atoms with E-state index in [4.69, 9.17) is 4.42 Å². The van der Waals surface area contributed by atoms with Crippen molar-refractivity contribution in [3.05, 3.63) is 29.5 Å². The summed E-state index contributed by atoms with van der Waals surface area (Å²) in [6.45, 7) is 1.99. The van der Waals surface area contributed by atoms with Crippen molar-refractivity contribution in [1.29, 1.82) is 0 Å². The van der Waals surface area contributed by atoms with Gasteiger partial charge in [-0.2, -0.15) is 0 Å². The molecule has 2 rings (SSSR count). The first-order valence-corrected chi connectivity index (χ1v) is 8.09. The third-order valence-electron chi connectivity index (χ3n) is 2.23. The number of rotatable bonds is 6. The molecule has 0 aromatic carbocycles. The van der Waals surface area contributed by atoms with E-state index in [9.17, 15) is 8.42 Å². The van der Waals surface area contributed by atoms with Gasteiger partial charge in [0.2, 0.25) is 15.9 Å². The highest BCUT2D eigenvalue weighted by atomic mass is 32.2.